The minimum atomic E-state index is 0.271. The second-order valence-electron chi connectivity index (χ2n) is 8.28. The van der Waals surface area contributed by atoms with E-state index >= 15 is 0 Å². The molecule has 1 aromatic carbocycles. The fourth-order valence-corrected chi connectivity index (χ4v) is 4.91. The highest BCUT2D eigenvalue weighted by Crippen LogP contribution is 2.23. The molecule has 2 aliphatic rings. The van der Waals surface area contributed by atoms with E-state index in [1.54, 1.807) is 0 Å². The summed E-state index contributed by atoms with van der Waals surface area (Å²) in [4.78, 5) is 24.3. The SMILES string of the molecule is CCc1nccn1CCC(=O)N1CCCC(N2CCN(c3cccc(Cl)c3)CC2)C1. The lowest BCUT2D eigenvalue weighted by Gasteiger charge is -2.44. The van der Waals surface area contributed by atoms with Crippen LogP contribution in [0.5, 0.6) is 0 Å². The van der Waals surface area contributed by atoms with E-state index in [1.165, 1.54) is 12.1 Å². The van der Waals surface area contributed by atoms with E-state index in [0.29, 0.717) is 12.5 Å². The van der Waals surface area contributed by atoms with Gasteiger partial charge in [-0.2, -0.15) is 0 Å². The second kappa shape index (κ2) is 9.84. The predicted octanol–water partition coefficient (Wildman–Crippen LogP) is 3.30. The predicted molar refractivity (Wildman–Crippen MR) is 121 cm³/mol. The molecule has 0 saturated carbocycles. The molecule has 0 N–H and O–H groups in total. The molecule has 7 heteroatoms. The Hall–Kier alpha value is -2.05. The minimum Gasteiger partial charge on any atom is -0.369 e. The molecule has 0 aliphatic carbocycles. The number of aryl methyl sites for hydroxylation is 2. The summed E-state index contributed by atoms with van der Waals surface area (Å²) in [6, 6.07) is 8.59. The minimum absolute atomic E-state index is 0.271. The molecule has 2 saturated heterocycles. The highest BCUT2D eigenvalue weighted by atomic mass is 35.5. The van der Waals surface area contributed by atoms with E-state index in [4.69, 9.17) is 11.6 Å². The van der Waals surface area contributed by atoms with Crippen LogP contribution >= 0.6 is 11.6 Å². The number of imidazole rings is 1. The van der Waals surface area contributed by atoms with Crippen molar-refractivity contribution in [2.24, 2.45) is 0 Å². The Morgan fingerprint density at radius 1 is 1.20 bits per heavy atom. The number of nitrogens with zero attached hydrogens (tertiary/aromatic N) is 5. The van der Waals surface area contributed by atoms with E-state index in [9.17, 15) is 4.79 Å². The number of carbonyl (C=O) groups is 1. The molecule has 2 aliphatic heterocycles. The van der Waals surface area contributed by atoms with Crippen molar-refractivity contribution in [2.45, 2.75) is 45.2 Å². The maximum absolute atomic E-state index is 12.8. The van der Waals surface area contributed by atoms with Gasteiger partial charge in [-0.15, -0.1) is 0 Å². The summed E-state index contributed by atoms with van der Waals surface area (Å²) in [5.41, 5.74) is 1.20. The summed E-state index contributed by atoms with van der Waals surface area (Å²) in [5.74, 6) is 1.32. The zero-order valence-corrected chi connectivity index (χ0v) is 18.6. The second-order valence-corrected chi connectivity index (χ2v) is 8.72. The summed E-state index contributed by atoms with van der Waals surface area (Å²) < 4.78 is 2.11. The van der Waals surface area contributed by atoms with Gasteiger partial charge in [0.05, 0.1) is 0 Å². The number of piperazine rings is 1. The van der Waals surface area contributed by atoms with Crippen molar-refractivity contribution >= 4 is 23.2 Å². The Balaban J connectivity index is 1.27. The summed E-state index contributed by atoms with van der Waals surface area (Å²) in [7, 11) is 0. The van der Waals surface area contributed by atoms with Crippen LogP contribution in [-0.2, 0) is 17.8 Å². The molecule has 30 heavy (non-hydrogen) atoms. The fourth-order valence-electron chi connectivity index (χ4n) is 4.73. The summed E-state index contributed by atoms with van der Waals surface area (Å²) in [5, 5.41) is 0.790. The molecule has 0 radical (unpaired) electrons. The third-order valence-corrected chi connectivity index (χ3v) is 6.67. The van der Waals surface area contributed by atoms with Gasteiger partial charge in [-0.25, -0.2) is 4.98 Å². The lowest BCUT2D eigenvalue weighted by atomic mass is 10.0. The van der Waals surface area contributed by atoms with Crippen LogP contribution in [0.4, 0.5) is 5.69 Å². The van der Waals surface area contributed by atoms with Crippen LogP contribution in [0, 0.1) is 0 Å². The monoisotopic (exact) mass is 429 g/mol. The Morgan fingerprint density at radius 3 is 2.80 bits per heavy atom. The number of likely N-dealkylation sites (tertiary alicyclic amines) is 1. The van der Waals surface area contributed by atoms with Gasteiger partial charge >= 0.3 is 0 Å². The number of amides is 1. The van der Waals surface area contributed by atoms with Crippen LogP contribution < -0.4 is 4.90 Å². The number of hydrogen-bond donors (Lipinski definition) is 0. The normalized spacial score (nSPS) is 20.5. The molecule has 2 fully saturated rings. The van der Waals surface area contributed by atoms with Crippen molar-refractivity contribution in [3.8, 4) is 0 Å². The zero-order valence-electron chi connectivity index (χ0n) is 17.8. The standard InChI is InChI=1S/C23H32ClN5O/c1-2-22-25-9-12-28(22)11-8-23(30)29-10-4-7-21(18-29)27-15-13-26(14-16-27)20-6-3-5-19(24)17-20/h3,5-6,9,12,17,21H,2,4,7-8,10-11,13-16,18H2,1H3. The van der Waals surface area contributed by atoms with Gasteiger partial charge < -0.3 is 14.4 Å². The zero-order chi connectivity index (χ0) is 20.9. The van der Waals surface area contributed by atoms with Crippen molar-refractivity contribution in [2.75, 3.05) is 44.2 Å². The average molecular weight is 430 g/mol. The molecular weight excluding hydrogens is 398 g/mol. The van der Waals surface area contributed by atoms with Crippen molar-refractivity contribution in [3.63, 3.8) is 0 Å². The van der Waals surface area contributed by atoms with Crippen LogP contribution in [0.3, 0.4) is 0 Å². The lowest BCUT2D eigenvalue weighted by molar-refractivity contribution is -0.133. The first kappa shape index (κ1) is 21.2. The van der Waals surface area contributed by atoms with Crippen molar-refractivity contribution in [1.29, 1.82) is 0 Å². The first-order valence-corrected chi connectivity index (χ1v) is 11.5. The molecule has 3 heterocycles. The van der Waals surface area contributed by atoms with Gasteiger partial charge in [0.1, 0.15) is 5.82 Å². The number of anilines is 1. The van der Waals surface area contributed by atoms with Crippen LogP contribution in [0.2, 0.25) is 5.02 Å². The van der Waals surface area contributed by atoms with Crippen molar-refractivity contribution in [1.82, 2.24) is 19.4 Å². The highest BCUT2D eigenvalue weighted by molar-refractivity contribution is 6.30. The number of benzene rings is 1. The Kier molecular flexibility index (Phi) is 6.95. The van der Waals surface area contributed by atoms with E-state index in [0.717, 1.165) is 69.5 Å². The number of carbonyl (C=O) groups excluding carboxylic acids is 1. The van der Waals surface area contributed by atoms with Crippen LogP contribution in [0.15, 0.2) is 36.7 Å². The van der Waals surface area contributed by atoms with Gasteiger partial charge in [0, 0.05) is 87.8 Å². The summed E-state index contributed by atoms with van der Waals surface area (Å²) in [6.07, 6.45) is 7.53. The third kappa shape index (κ3) is 4.98. The highest BCUT2D eigenvalue weighted by Gasteiger charge is 2.30. The smallest absolute Gasteiger partial charge is 0.224 e. The number of rotatable bonds is 6. The van der Waals surface area contributed by atoms with Crippen LogP contribution in [0.25, 0.3) is 0 Å². The Bertz CT molecular complexity index is 846. The Morgan fingerprint density at radius 2 is 2.03 bits per heavy atom. The molecule has 1 aromatic heterocycles. The molecular formula is C23H32ClN5O. The van der Waals surface area contributed by atoms with Gasteiger partial charge in [0.2, 0.25) is 5.91 Å². The van der Waals surface area contributed by atoms with E-state index < -0.39 is 0 Å². The molecule has 1 atom stereocenters. The molecule has 4 rings (SSSR count). The lowest BCUT2D eigenvalue weighted by Crippen LogP contribution is -2.56. The molecule has 2 aromatic rings. The Labute approximate surface area is 184 Å². The fraction of sp³-hybridized carbons (Fsp3) is 0.565. The van der Waals surface area contributed by atoms with Gasteiger partial charge in [0.15, 0.2) is 0 Å². The molecule has 1 amide bonds. The third-order valence-electron chi connectivity index (χ3n) is 6.44. The number of hydrogen-bond acceptors (Lipinski definition) is 4. The molecule has 0 spiro atoms. The molecule has 1 unspecified atom stereocenters. The molecule has 162 valence electrons. The number of aromatic nitrogens is 2. The maximum atomic E-state index is 12.8. The topological polar surface area (TPSA) is 44.6 Å². The van der Waals surface area contributed by atoms with E-state index in [-0.39, 0.29) is 5.91 Å². The van der Waals surface area contributed by atoms with Crippen LogP contribution in [0.1, 0.15) is 32.0 Å². The molecule has 0 bridgehead atoms. The summed E-state index contributed by atoms with van der Waals surface area (Å²) in [6.45, 7) is 8.66. The quantitative estimate of drug-likeness (QED) is 0.706. The summed E-state index contributed by atoms with van der Waals surface area (Å²) >= 11 is 6.16. The first-order chi connectivity index (χ1) is 14.6. The molecule has 6 nitrogen and oxygen atoms in total. The average Bonchev–Trinajstić information content (AvgIpc) is 3.25. The van der Waals surface area contributed by atoms with Crippen LogP contribution in [-0.4, -0.2) is 70.6 Å². The van der Waals surface area contributed by atoms with Crippen molar-refractivity contribution in [3.05, 3.63) is 47.5 Å². The van der Waals surface area contributed by atoms with E-state index in [1.807, 2.05) is 30.6 Å². The van der Waals surface area contributed by atoms with Gasteiger partial charge in [-0.1, -0.05) is 24.6 Å². The van der Waals surface area contributed by atoms with Gasteiger partial charge in [-0.05, 0) is 31.0 Å². The largest absolute Gasteiger partial charge is 0.369 e. The first-order valence-electron chi connectivity index (χ1n) is 11.2. The van der Waals surface area contributed by atoms with Crippen molar-refractivity contribution < 1.29 is 4.79 Å². The number of piperidine rings is 1. The number of halogens is 1. The van der Waals surface area contributed by atoms with E-state index in [2.05, 4.69) is 37.2 Å². The van der Waals surface area contributed by atoms with Gasteiger partial charge in [0.25, 0.3) is 0 Å². The van der Waals surface area contributed by atoms with Gasteiger partial charge in [-0.3, -0.25) is 9.69 Å². The maximum Gasteiger partial charge on any atom is 0.224 e.